The predicted molar refractivity (Wildman–Crippen MR) is 199 cm³/mol. The van der Waals surface area contributed by atoms with Crippen molar-refractivity contribution in [2.75, 3.05) is 0 Å². The third-order valence-corrected chi connectivity index (χ3v) is 9.91. The number of fused-ring (bicyclic) bond motifs is 6. The van der Waals surface area contributed by atoms with Crippen LogP contribution in [0.25, 0.3) is 77.6 Å². The molecule has 0 spiro atoms. The van der Waals surface area contributed by atoms with Crippen LogP contribution in [0.4, 0.5) is 5.69 Å². The van der Waals surface area contributed by atoms with E-state index in [1.807, 2.05) is 78.9 Å². The van der Waals surface area contributed by atoms with Crippen LogP contribution >= 0.6 is 0 Å². The molecular weight excluding hydrogens is 613 g/mol. The maximum Gasteiger partial charge on any atom is 0.200 e. The predicted octanol–water partition coefficient (Wildman–Crippen LogP) is 10.7. The van der Waals surface area contributed by atoms with Gasteiger partial charge in [-0.15, -0.1) is 0 Å². The number of hydrogen-bond acceptors (Lipinski definition) is 4. The molecule has 0 unspecified atom stereocenters. The third-order valence-electron chi connectivity index (χ3n) is 9.91. The molecule has 2 heterocycles. The van der Waals surface area contributed by atoms with Gasteiger partial charge in [0.25, 0.3) is 0 Å². The van der Waals surface area contributed by atoms with Gasteiger partial charge in [-0.3, -0.25) is 0 Å². The summed E-state index contributed by atoms with van der Waals surface area (Å²) in [7, 11) is 0. The van der Waals surface area contributed by atoms with Crippen molar-refractivity contribution in [2.24, 2.45) is 0 Å². The van der Waals surface area contributed by atoms with Gasteiger partial charge in [0.1, 0.15) is 6.07 Å². The fourth-order valence-electron chi connectivity index (χ4n) is 7.48. The van der Waals surface area contributed by atoms with Crippen LogP contribution in [0.2, 0.25) is 0 Å². The normalized spacial score (nSPS) is 12.7. The van der Waals surface area contributed by atoms with Crippen molar-refractivity contribution in [3.05, 3.63) is 162 Å². The summed E-state index contributed by atoms with van der Waals surface area (Å²) < 4.78 is 2.14. The van der Waals surface area contributed by atoms with Gasteiger partial charge < -0.3 is 4.57 Å². The van der Waals surface area contributed by atoms with Crippen LogP contribution in [0.5, 0.6) is 0 Å². The van der Waals surface area contributed by atoms with Gasteiger partial charge in [-0.05, 0) is 52.6 Å². The van der Waals surface area contributed by atoms with Gasteiger partial charge in [0.2, 0.25) is 0 Å². The first-order valence-electron chi connectivity index (χ1n) is 16.5. The first-order valence-corrected chi connectivity index (χ1v) is 16.5. The molecule has 6 nitrogen and oxygen atoms in total. The molecule has 0 atom stereocenters. The Balaban J connectivity index is 1.30. The fourth-order valence-corrected chi connectivity index (χ4v) is 7.48. The molecular formula is C44H28N6. The molecule has 0 saturated heterocycles. The van der Waals surface area contributed by atoms with E-state index in [4.69, 9.17) is 21.5 Å². The Morgan fingerprint density at radius 2 is 1.22 bits per heavy atom. The standard InChI is InChI=1S/C44H28N6/c1-44(2)35-20-12-10-18-30(35)32-23-33-31-19-11-13-21-38(31)50(40(33)24-36(32)44)39-25-37(46-3)34(22-29(39)26-45)43-48-41(27-14-6-4-7-15-27)47-42(49-43)28-16-8-5-9-17-28/h4-25H,1-2H3. The van der Waals surface area contributed by atoms with Crippen molar-refractivity contribution in [2.45, 2.75) is 19.3 Å². The lowest BCUT2D eigenvalue weighted by molar-refractivity contribution is 0.661. The summed E-state index contributed by atoms with van der Waals surface area (Å²) in [6, 6.07) is 47.0. The molecule has 6 heteroatoms. The Morgan fingerprint density at radius 1 is 0.600 bits per heavy atom. The monoisotopic (exact) mass is 640 g/mol. The summed E-state index contributed by atoms with van der Waals surface area (Å²) in [5, 5.41) is 12.9. The van der Waals surface area contributed by atoms with Crippen molar-refractivity contribution in [3.8, 4) is 57.0 Å². The lowest BCUT2D eigenvalue weighted by Crippen LogP contribution is -2.15. The van der Waals surface area contributed by atoms with Gasteiger partial charge in [-0.25, -0.2) is 19.8 Å². The highest BCUT2D eigenvalue weighted by Gasteiger charge is 2.36. The number of nitrogens with zero attached hydrogens (tertiary/aromatic N) is 6. The van der Waals surface area contributed by atoms with E-state index in [0.29, 0.717) is 40.0 Å². The molecule has 9 rings (SSSR count). The number of aromatic nitrogens is 4. The minimum Gasteiger partial charge on any atom is -0.309 e. The molecule has 0 amide bonds. The first-order chi connectivity index (χ1) is 24.5. The quantitative estimate of drug-likeness (QED) is 0.179. The van der Waals surface area contributed by atoms with Gasteiger partial charge in [0, 0.05) is 32.9 Å². The summed E-state index contributed by atoms with van der Waals surface area (Å²) in [6.07, 6.45) is 0. The van der Waals surface area contributed by atoms with Crippen molar-refractivity contribution < 1.29 is 0 Å². The van der Waals surface area contributed by atoms with Crippen LogP contribution in [0.15, 0.2) is 133 Å². The van der Waals surface area contributed by atoms with Crippen LogP contribution in [0, 0.1) is 17.9 Å². The Labute approximate surface area is 289 Å². The lowest BCUT2D eigenvalue weighted by Gasteiger charge is -2.22. The largest absolute Gasteiger partial charge is 0.309 e. The van der Waals surface area contributed by atoms with E-state index in [1.54, 1.807) is 6.07 Å². The number of rotatable bonds is 4. The zero-order valence-corrected chi connectivity index (χ0v) is 27.4. The minimum absolute atomic E-state index is 0.198. The lowest BCUT2D eigenvalue weighted by atomic mass is 9.82. The molecule has 0 bridgehead atoms. The summed E-state index contributed by atoms with van der Waals surface area (Å²) in [5.74, 6) is 1.33. The van der Waals surface area contributed by atoms with Crippen molar-refractivity contribution in [3.63, 3.8) is 0 Å². The maximum atomic E-state index is 10.7. The summed E-state index contributed by atoms with van der Waals surface area (Å²) in [4.78, 5) is 18.5. The molecule has 0 saturated carbocycles. The molecule has 0 radical (unpaired) electrons. The summed E-state index contributed by atoms with van der Waals surface area (Å²) in [5.41, 5.74) is 10.3. The summed E-state index contributed by atoms with van der Waals surface area (Å²) >= 11 is 0. The van der Waals surface area contributed by atoms with E-state index < -0.39 is 0 Å². The van der Waals surface area contributed by atoms with E-state index in [1.165, 1.54) is 22.3 Å². The zero-order valence-electron chi connectivity index (χ0n) is 27.4. The Morgan fingerprint density at radius 3 is 1.90 bits per heavy atom. The highest BCUT2D eigenvalue weighted by Crippen LogP contribution is 2.51. The second-order valence-corrected chi connectivity index (χ2v) is 13.1. The van der Waals surface area contributed by atoms with Gasteiger partial charge >= 0.3 is 0 Å². The Hall–Kier alpha value is -6.89. The highest BCUT2D eigenvalue weighted by molar-refractivity contribution is 6.12. The zero-order chi connectivity index (χ0) is 34.0. The van der Waals surface area contributed by atoms with E-state index in [9.17, 15) is 5.26 Å². The summed E-state index contributed by atoms with van der Waals surface area (Å²) in [6.45, 7) is 12.9. The molecule has 1 aliphatic carbocycles. The molecule has 2 aromatic heterocycles. The average Bonchev–Trinajstić information content (AvgIpc) is 3.61. The van der Waals surface area contributed by atoms with Gasteiger partial charge in [-0.2, -0.15) is 5.26 Å². The Bertz CT molecular complexity index is 2690. The topological polar surface area (TPSA) is 71.8 Å². The SMILES string of the molecule is [C-]#[N+]c1cc(-n2c3ccccc3c3cc4c(cc32)C(C)(C)c2ccccc2-4)c(C#N)cc1-c1nc(-c2ccccc2)nc(-c2ccccc2)n1. The van der Waals surface area contributed by atoms with Crippen LogP contribution < -0.4 is 0 Å². The second kappa shape index (κ2) is 11.1. The van der Waals surface area contributed by atoms with Crippen molar-refractivity contribution in [1.82, 2.24) is 19.5 Å². The maximum absolute atomic E-state index is 10.7. The second-order valence-electron chi connectivity index (χ2n) is 13.1. The van der Waals surface area contributed by atoms with Crippen molar-refractivity contribution >= 4 is 27.5 Å². The molecule has 0 aliphatic heterocycles. The fraction of sp³-hybridized carbons (Fsp3) is 0.0682. The van der Waals surface area contributed by atoms with Gasteiger partial charge in [0.05, 0.1) is 28.9 Å². The van der Waals surface area contributed by atoms with Crippen LogP contribution in [-0.2, 0) is 5.41 Å². The number of nitriles is 1. The first kappa shape index (κ1) is 29.3. The Kier molecular flexibility index (Phi) is 6.49. The molecule has 234 valence electrons. The van der Waals surface area contributed by atoms with E-state index in [2.05, 4.69) is 77.9 Å². The molecule has 8 aromatic rings. The number of hydrogen-bond donors (Lipinski definition) is 0. The molecule has 6 aromatic carbocycles. The molecule has 0 N–H and O–H groups in total. The third kappa shape index (κ3) is 4.36. The van der Waals surface area contributed by atoms with E-state index in [0.717, 1.165) is 32.9 Å². The molecule has 0 fully saturated rings. The minimum atomic E-state index is -0.198. The number of benzene rings is 6. The van der Waals surface area contributed by atoms with Gasteiger partial charge in [-0.1, -0.05) is 117 Å². The van der Waals surface area contributed by atoms with Crippen LogP contribution in [0.1, 0.15) is 30.5 Å². The van der Waals surface area contributed by atoms with E-state index >= 15 is 0 Å². The van der Waals surface area contributed by atoms with Gasteiger partial charge in [0.15, 0.2) is 23.2 Å². The van der Waals surface area contributed by atoms with Crippen molar-refractivity contribution in [1.29, 1.82) is 5.26 Å². The average molecular weight is 641 g/mol. The number of para-hydroxylation sites is 1. The van der Waals surface area contributed by atoms with Crippen LogP contribution in [-0.4, -0.2) is 19.5 Å². The van der Waals surface area contributed by atoms with Crippen LogP contribution in [0.3, 0.4) is 0 Å². The highest BCUT2D eigenvalue weighted by atomic mass is 15.0. The smallest absolute Gasteiger partial charge is 0.200 e. The molecule has 1 aliphatic rings. The van der Waals surface area contributed by atoms with E-state index in [-0.39, 0.29) is 5.41 Å². The molecule has 50 heavy (non-hydrogen) atoms.